The molecule has 0 aliphatic rings. The third kappa shape index (κ3) is 4.00. The fraction of sp³-hybridized carbons (Fsp3) is 0.125. The van der Waals surface area contributed by atoms with Crippen LogP contribution in [0.4, 0.5) is 5.69 Å². The van der Waals surface area contributed by atoms with E-state index >= 15 is 0 Å². The maximum absolute atomic E-state index is 12.0. The van der Waals surface area contributed by atoms with Crippen LogP contribution >= 0.6 is 23.2 Å². The number of amides is 1. The van der Waals surface area contributed by atoms with Crippen molar-refractivity contribution in [1.29, 1.82) is 0 Å². The quantitative estimate of drug-likeness (QED) is 0.650. The molecule has 2 aromatic rings. The van der Waals surface area contributed by atoms with Crippen molar-refractivity contribution in [3.8, 4) is 0 Å². The first-order valence-corrected chi connectivity index (χ1v) is 7.34. The molecule has 22 heavy (non-hydrogen) atoms. The summed E-state index contributed by atoms with van der Waals surface area (Å²) in [5.41, 5.74) is 5.36. The second-order valence-electron chi connectivity index (χ2n) is 4.58. The van der Waals surface area contributed by atoms with Crippen LogP contribution in [0.1, 0.15) is 22.8 Å². The maximum Gasteiger partial charge on any atom is 0.271 e. The minimum Gasteiger partial charge on any atom is -0.388 e. The van der Waals surface area contributed by atoms with E-state index < -0.39 is 0 Å². The second kappa shape index (κ2) is 7.29. The Bertz CT molecular complexity index is 712. The van der Waals surface area contributed by atoms with Crippen molar-refractivity contribution >= 4 is 40.5 Å². The molecule has 0 spiro atoms. The highest BCUT2D eigenvalue weighted by molar-refractivity contribution is 6.31. The molecule has 6 heteroatoms. The standard InChI is InChI=1S/C16H15Cl2N3O/c1-10(14-9-13(18)7-8-15(14)19-2)20-21-16(22)11-3-5-12(17)6-4-11/h3-9,19H,1-2H3,(H,21,22)/b20-10-. The molecule has 0 fully saturated rings. The zero-order chi connectivity index (χ0) is 16.1. The Balaban J connectivity index is 2.17. The Hall–Kier alpha value is -2.04. The number of anilines is 1. The number of halogens is 2. The summed E-state index contributed by atoms with van der Waals surface area (Å²) >= 11 is 11.8. The fourth-order valence-electron chi connectivity index (χ4n) is 1.89. The minimum absolute atomic E-state index is 0.302. The van der Waals surface area contributed by atoms with Crippen LogP contribution in [0.2, 0.25) is 10.0 Å². The van der Waals surface area contributed by atoms with Gasteiger partial charge in [-0.3, -0.25) is 4.79 Å². The van der Waals surface area contributed by atoms with Gasteiger partial charge in [-0.05, 0) is 49.4 Å². The molecule has 2 N–H and O–H groups in total. The van der Waals surface area contributed by atoms with Gasteiger partial charge in [0.2, 0.25) is 0 Å². The van der Waals surface area contributed by atoms with Crippen LogP contribution in [-0.2, 0) is 0 Å². The number of carbonyl (C=O) groups is 1. The highest BCUT2D eigenvalue weighted by atomic mass is 35.5. The first kappa shape index (κ1) is 16.3. The molecular formula is C16H15Cl2N3O. The largest absolute Gasteiger partial charge is 0.388 e. The van der Waals surface area contributed by atoms with Crippen LogP contribution in [0.15, 0.2) is 47.6 Å². The van der Waals surface area contributed by atoms with Crippen molar-refractivity contribution in [3.63, 3.8) is 0 Å². The van der Waals surface area contributed by atoms with Crippen molar-refractivity contribution in [2.75, 3.05) is 12.4 Å². The summed E-state index contributed by atoms with van der Waals surface area (Å²) < 4.78 is 0. The van der Waals surface area contributed by atoms with E-state index in [2.05, 4.69) is 15.8 Å². The molecule has 0 aliphatic carbocycles. The summed E-state index contributed by atoms with van der Waals surface area (Å²) in [5, 5.41) is 8.37. The first-order chi connectivity index (χ1) is 10.5. The lowest BCUT2D eigenvalue weighted by molar-refractivity contribution is 0.0955. The number of rotatable bonds is 4. The molecule has 0 heterocycles. The lowest BCUT2D eigenvalue weighted by Crippen LogP contribution is -2.19. The number of hydrogen-bond donors (Lipinski definition) is 2. The first-order valence-electron chi connectivity index (χ1n) is 6.59. The number of carbonyl (C=O) groups excluding carboxylic acids is 1. The Morgan fingerprint density at radius 1 is 1.05 bits per heavy atom. The predicted octanol–water partition coefficient (Wildman–Crippen LogP) is 4.19. The van der Waals surface area contributed by atoms with Crippen molar-refractivity contribution < 1.29 is 4.79 Å². The number of benzene rings is 2. The summed E-state index contributed by atoms with van der Waals surface area (Å²) in [6, 6.07) is 12.0. The van der Waals surface area contributed by atoms with Crippen LogP contribution in [0, 0.1) is 0 Å². The van der Waals surface area contributed by atoms with E-state index in [1.807, 2.05) is 13.1 Å². The van der Waals surface area contributed by atoms with Crippen molar-refractivity contribution in [3.05, 3.63) is 63.6 Å². The van der Waals surface area contributed by atoms with E-state index in [1.54, 1.807) is 43.3 Å². The van der Waals surface area contributed by atoms with Gasteiger partial charge in [-0.15, -0.1) is 0 Å². The third-order valence-corrected chi connectivity index (χ3v) is 3.56. The van der Waals surface area contributed by atoms with Crippen LogP contribution < -0.4 is 10.7 Å². The Morgan fingerprint density at radius 3 is 2.32 bits per heavy atom. The van der Waals surface area contributed by atoms with Crippen LogP contribution in [0.3, 0.4) is 0 Å². The minimum atomic E-state index is -0.302. The van der Waals surface area contributed by atoms with Gasteiger partial charge in [-0.2, -0.15) is 5.10 Å². The van der Waals surface area contributed by atoms with Gasteiger partial charge in [0, 0.05) is 33.9 Å². The zero-order valence-electron chi connectivity index (χ0n) is 12.2. The maximum atomic E-state index is 12.0. The topological polar surface area (TPSA) is 53.5 Å². The highest BCUT2D eigenvalue weighted by Crippen LogP contribution is 2.21. The zero-order valence-corrected chi connectivity index (χ0v) is 13.7. The molecule has 0 atom stereocenters. The Labute approximate surface area is 139 Å². The van der Waals surface area contributed by atoms with E-state index in [0.29, 0.717) is 21.3 Å². The van der Waals surface area contributed by atoms with Crippen molar-refractivity contribution in [2.45, 2.75) is 6.92 Å². The molecule has 1 amide bonds. The average molecular weight is 336 g/mol. The van der Waals surface area contributed by atoms with E-state index in [0.717, 1.165) is 11.3 Å². The molecular weight excluding hydrogens is 321 g/mol. The van der Waals surface area contributed by atoms with Crippen LogP contribution in [-0.4, -0.2) is 18.7 Å². The monoisotopic (exact) mass is 335 g/mol. The Morgan fingerprint density at radius 2 is 1.68 bits per heavy atom. The Kier molecular flexibility index (Phi) is 5.41. The SMILES string of the molecule is CNc1ccc(Cl)cc1/C(C)=N\NC(=O)c1ccc(Cl)cc1. The number of nitrogens with one attached hydrogen (secondary N) is 2. The molecule has 0 saturated heterocycles. The molecule has 0 aliphatic heterocycles. The molecule has 0 aromatic heterocycles. The van der Waals surface area contributed by atoms with Gasteiger partial charge in [0.05, 0.1) is 5.71 Å². The summed E-state index contributed by atoms with van der Waals surface area (Å²) in [4.78, 5) is 12.0. The number of hydrogen-bond acceptors (Lipinski definition) is 3. The molecule has 0 bridgehead atoms. The normalized spacial score (nSPS) is 11.2. The van der Waals surface area contributed by atoms with E-state index in [9.17, 15) is 4.79 Å². The number of nitrogens with zero attached hydrogens (tertiary/aromatic N) is 1. The van der Waals surface area contributed by atoms with Gasteiger partial charge in [-0.1, -0.05) is 23.2 Å². The van der Waals surface area contributed by atoms with Gasteiger partial charge in [-0.25, -0.2) is 5.43 Å². The molecule has 4 nitrogen and oxygen atoms in total. The molecule has 0 unspecified atom stereocenters. The molecule has 114 valence electrons. The van der Waals surface area contributed by atoms with E-state index in [-0.39, 0.29) is 5.91 Å². The van der Waals surface area contributed by atoms with Gasteiger partial charge >= 0.3 is 0 Å². The average Bonchev–Trinajstić information content (AvgIpc) is 2.53. The van der Waals surface area contributed by atoms with Crippen LogP contribution in [0.25, 0.3) is 0 Å². The van der Waals surface area contributed by atoms with Crippen molar-refractivity contribution in [2.24, 2.45) is 5.10 Å². The summed E-state index contributed by atoms with van der Waals surface area (Å²) in [7, 11) is 1.81. The van der Waals surface area contributed by atoms with Gasteiger partial charge in [0.25, 0.3) is 5.91 Å². The fourth-order valence-corrected chi connectivity index (χ4v) is 2.19. The predicted molar refractivity (Wildman–Crippen MR) is 92.1 cm³/mol. The highest BCUT2D eigenvalue weighted by Gasteiger charge is 2.08. The third-order valence-electron chi connectivity index (χ3n) is 3.07. The molecule has 0 saturated carbocycles. The van der Waals surface area contributed by atoms with Crippen LogP contribution in [0.5, 0.6) is 0 Å². The molecule has 0 radical (unpaired) electrons. The van der Waals surface area contributed by atoms with Crippen molar-refractivity contribution in [1.82, 2.24) is 5.43 Å². The number of hydrazone groups is 1. The molecule has 2 rings (SSSR count). The summed E-state index contributed by atoms with van der Waals surface area (Å²) in [6.07, 6.45) is 0. The molecule has 2 aromatic carbocycles. The summed E-state index contributed by atoms with van der Waals surface area (Å²) in [5.74, 6) is -0.302. The second-order valence-corrected chi connectivity index (χ2v) is 5.46. The van der Waals surface area contributed by atoms with Gasteiger partial charge < -0.3 is 5.32 Å². The summed E-state index contributed by atoms with van der Waals surface area (Å²) in [6.45, 7) is 1.80. The lowest BCUT2D eigenvalue weighted by atomic mass is 10.1. The van der Waals surface area contributed by atoms with Gasteiger partial charge in [0.1, 0.15) is 0 Å². The smallest absolute Gasteiger partial charge is 0.271 e. The van der Waals surface area contributed by atoms with E-state index in [4.69, 9.17) is 23.2 Å². The van der Waals surface area contributed by atoms with E-state index in [1.165, 1.54) is 0 Å². The lowest BCUT2D eigenvalue weighted by Gasteiger charge is -2.09. The van der Waals surface area contributed by atoms with Gasteiger partial charge in [0.15, 0.2) is 0 Å².